The van der Waals surface area contributed by atoms with Gasteiger partial charge in [0.2, 0.25) is 0 Å². The van der Waals surface area contributed by atoms with Crippen molar-refractivity contribution in [2.45, 2.75) is 31.5 Å². The highest BCUT2D eigenvalue weighted by Gasteiger charge is 2.35. The molecule has 0 radical (unpaired) electrons. The molecule has 1 amide bonds. The quantitative estimate of drug-likeness (QED) is 0.920. The number of carbonyl (C=O) groups excluding carboxylic acids is 1. The summed E-state index contributed by atoms with van der Waals surface area (Å²) in [5.41, 5.74) is -1.17. The molecule has 1 N–H and O–H groups in total. The van der Waals surface area contributed by atoms with Crippen LogP contribution in [0.2, 0.25) is 5.02 Å². The molecule has 1 aliphatic rings. The van der Waals surface area contributed by atoms with Crippen LogP contribution in [0.4, 0.5) is 13.2 Å². The van der Waals surface area contributed by atoms with Crippen molar-refractivity contribution >= 4 is 17.5 Å². The molecule has 2 aromatic heterocycles. The van der Waals surface area contributed by atoms with E-state index in [1.165, 1.54) is 6.20 Å². The van der Waals surface area contributed by atoms with Crippen LogP contribution in [-0.2, 0) is 12.7 Å². The van der Waals surface area contributed by atoms with Crippen LogP contribution >= 0.6 is 11.6 Å². The molecule has 0 bridgehead atoms. The molecular formula is C13H10ClF3N4O2. The van der Waals surface area contributed by atoms with Gasteiger partial charge in [0.15, 0.2) is 11.5 Å². The molecule has 1 fully saturated rings. The molecule has 0 aliphatic heterocycles. The molecule has 0 unspecified atom stereocenters. The molecule has 0 spiro atoms. The van der Waals surface area contributed by atoms with Gasteiger partial charge in [0.25, 0.3) is 5.91 Å². The van der Waals surface area contributed by atoms with Gasteiger partial charge < -0.3 is 9.84 Å². The van der Waals surface area contributed by atoms with Crippen molar-refractivity contribution in [3.63, 3.8) is 0 Å². The Morgan fingerprint density at radius 2 is 2.17 bits per heavy atom. The fourth-order valence-electron chi connectivity index (χ4n) is 1.86. The van der Waals surface area contributed by atoms with Gasteiger partial charge in [-0.3, -0.25) is 4.79 Å². The number of halogens is 4. The fourth-order valence-corrected chi connectivity index (χ4v) is 2.04. The number of nitrogens with zero attached hydrogens (tertiary/aromatic N) is 3. The Bertz CT molecular complexity index is 743. The van der Waals surface area contributed by atoms with E-state index in [1.54, 1.807) is 0 Å². The highest BCUT2D eigenvalue weighted by molar-refractivity contribution is 6.33. The summed E-state index contributed by atoms with van der Waals surface area (Å²) in [5.74, 6) is 0.0311. The Labute approximate surface area is 133 Å². The summed E-state index contributed by atoms with van der Waals surface area (Å²) in [6, 6.07) is 0.720. The maximum absolute atomic E-state index is 12.4. The molecule has 23 heavy (non-hydrogen) atoms. The van der Waals surface area contributed by atoms with Gasteiger partial charge in [-0.15, -0.1) is 0 Å². The zero-order valence-electron chi connectivity index (χ0n) is 11.5. The van der Waals surface area contributed by atoms with Crippen LogP contribution < -0.4 is 5.32 Å². The van der Waals surface area contributed by atoms with Crippen LogP contribution in [0.3, 0.4) is 0 Å². The third-order valence-electron chi connectivity index (χ3n) is 3.19. The van der Waals surface area contributed by atoms with E-state index < -0.39 is 17.8 Å². The van der Waals surface area contributed by atoms with E-state index in [-0.39, 0.29) is 28.9 Å². The second kappa shape index (κ2) is 5.80. The highest BCUT2D eigenvalue weighted by Crippen LogP contribution is 2.38. The molecule has 0 saturated heterocycles. The first-order valence-corrected chi connectivity index (χ1v) is 7.06. The minimum Gasteiger partial charge on any atom is -0.359 e. The SMILES string of the molecule is O=C(NCc1cc(C(F)(F)F)no1)c1nc(C2CC2)ncc1Cl. The molecule has 6 nitrogen and oxygen atoms in total. The molecule has 1 saturated carbocycles. The number of carbonyl (C=O) groups is 1. The lowest BCUT2D eigenvalue weighted by molar-refractivity contribution is -0.142. The zero-order valence-corrected chi connectivity index (χ0v) is 12.3. The maximum atomic E-state index is 12.4. The van der Waals surface area contributed by atoms with E-state index in [4.69, 9.17) is 11.6 Å². The van der Waals surface area contributed by atoms with Crippen LogP contribution in [0, 0.1) is 0 Å². The van der Waals surface area contributed by atoms with Gasteiger partial charge in [-0.05, 0) is 12.8 Å². The van der Waals surface area contributed by atoms with Crippen molar-refractivity contribution in [3.05, 3.63) is 40.3 Å². The van der Waals surface area contributed by atoms with E-state index in [1.807, 2.05) is 0 Å². The Balaban J connectivity index is 1.67. The number of rotatable bonds is 4. The van der Waals surface area contributed by atoms with Crippen LogP contribution in [0.1, 0.15) is 46.5 Å². The van der Waals surface area contributed by atoms with Crippen molar-refractivity contribution < 1.29 is 22.5 Å². The Kier molecular flexibility index (Phi) is 3.97. The second-order valence-corrected chi connectivity index (χ2v) is 5.47. The average molecular weight is 347 g/mol. The van der Waals surface area contributed by atoms with Gasteiger partial charge in [0, 0.05) is 12.0 Å². The maximum Gasteiger partial charge on any atom is 0.436 e. The smallest absolute Gasteiger partial charge is 0.359 e. The first-order chi connectivity index (χ1) is 10.8. The number of nitrogens with one attached hydrogen (secondary N) is 1. The van der Waals surface area contributed by atoms with E-state index in [9.17, 15) is 18.0 Å². The molecule has 10 heteroatoms. The lowest BCUT2D eigenvalue weighted by Gasteiger charge is -2.05. The number of alkyl halides is 3. The third kappa shape index (κ3) is 3.61. The normalized spacial score (nSPS) is 14.8. The average Bonchev–Trinajstić information content (AvgIpc) is 3.21. The van der Waals surface area contributed by atoms with Gasteiger partial charge in [0.1, 0.15) is 11.5 Å². The summed E-state index contributed by atoms with van der Waals surface area (Å²) in [4.78, 5) is 20.2. The largest absolute Gasteiger partial charge is 0.436 e. The standard InChI is InChI=1S/C13H10ClF3N4O2/c14-8-5-18-11(6-1-2-6)20-10(8)12(22)19-4-7-3-9(21-23-7)13(15,16)17/h3,5-6H,1-2,4H2,(H,19,22). The summed E-state index contributed by atoms with van der Waals surface area (Å²) >= 11 is 5.89. The van der Waals surface area contributed by atoms with Crippen molar-refractivity contribution in [1.82, 2.24) is 20.4 Å². The fraction of sp³-hybridized carbons (Fsp3) is 0.385. The molecule has 122 valence electrons. The van der Waals surface area contributed by atoms with Gasteiger partial charge in [-0.1, -0.05) is 16.8 Å². The van der Waals surface area contributed by atoms with Gasteiger partial charge in [-0.25, -0.2) is 9.97 Å². The Morgan fingerprint density at radius 3 is 2.78 bits per heavy atom. The Hall–Kier alpha value is -2.16. The van der Waals surface area contributed by atoms with E-state index in [0.29, 0.717) is 5.82 Å². The molecular weight excluding hydrogens is 337 g/mol. The number of aromatic nitrogens is 3. The molecule has 2 aromatic rings. The lowest BCUT2D eigenvalue weighted by Crippen LogP contribution is -2.24. The van der Waals surface area contributed by atoms with E-state index in [0.717, 1.165) is 18.9 Å². The first kappa shape index (κ1) is 15.7. The predicted molar refractivity (Wildman–Crippen MR) is 71.7 cm³/mol. The number of amides is 1. The second-order valence-electron chi connectivity index (χ2n) is 5.06. The molecule has 2 heterocycles. The first-order valence-electron chi connectivity index (χ1n) is 6.68. The molecule has 0 atom stereocenters. The monoisotopic (exact) mass is 346 g/mol. The summed E-state index contributed by atoms with van der Waals surface area (Å²) in [5, 5.41) is 5.36. The minimum absolute atomic E-state index is 0.0147. The molecule has 1 aliphatic carbocycles. The third-order valence-corrected chi connectivity index (χ3v) is 3.47. The number of hydrogen-bond acceptors (Lipinski definition) is 5. The van der Waals surface area contributed by atoms with Crippen molar-refractivity contribution in [2.24, 2.45) is 0 Å². The van der Waals surface area contributed by atoms with Crippen molar-refractivity contribution in [3.8, 4) is 0 Å². The minimum atomic E-state index is -4.60. The van der Waals surface area contributed by atoms with Crippen molar-refractivity contribution in [1.29, 1.82) is 0 Å². The lowest BCUT2D eigenvalue weighted by atomic mass is 10.3. The van der Waals surface area contributed by atoms with Crippen LogP contribution in [0.15, 0.2) is 16.8 Å². The van der Waals surface area contributed by atoms with E-state index in [2.05, 4.69) is 25.0 Å². The van der Waals surface area contributed by atoms with Crippen LogP contribution in [0.5, 0.6) is 0 Å². The summed E-state index contributed by atoms with van der Waals surface area (Å²) in [6.45, 7) is -0.263. The van der Waals surface area contributed by atoms with E-state index >= 15 is 0 Å². The highest BCUT2D eigenvalue weighted by atomic mass is 35.5. The Morgan fingerprint density at radius 1 is 1.43 bits per heavy atom. The van der Waals surface area contributed by atoms with Gasteiger partial charge >= 0.3 is 6.18 Å². The summed E-state index contributed by atoms with van der Waals surface area (Å²) in [7, 11) is 0. The van der Waals surface area contributed by atoms with Crippen LogP contribution in [0.25, 0.3) is 0 Å². The van der Waals surface area contributed by atoms with Gasteiger partial charge in [0.05, 0.1) is 17.8 Å². The molecule has 3 rings (SSSR count). The zero-order chi connectivity index (χ0) is 16.6. The summed E-state index contributed by atoms with van der Waals surface area (Å²) < 4.78 is 41.7. The molecule has 0 aromatic carbocycles. The predicted octanol–water partition coefficient (Wildman–Crippen LogP) is 2.94. The van der Waals surface area contributed by atoms with Crippen LogP contribution in [-0.4, -0.2) is 21.0 Å². The van der Waals surface area contributed by atoms with Gasteiger partial charge in [-0.2, -0.15) is 13.2 Å². The summed E-state index contributed by atoms with van der Waals surface area (Å²) in [6.07, 6.45) is -1.34. The van der Waals surface area contributed by atoms with Crippen molar-refractivity contribution in [2.75, 3.05) is 0 Å². The number of hydrogen-bond donors (Lipinski definition) is 1. The topological polar surface area (TPSA) is 80.9 Å².